The van der Waals surface area contributed by atoms with Crippen LogP contribution in [0.5, 0.6) is 0 Å². The molecule has 4 aliphatic heterocycles. The zero-order chi connectivity index (χ0) is 25.1. The molecule has 3 saturated heterocycles. The van der Waals surface area contributed by atoms with Gasteiger partial charge in [-0.15, -0.1) is 0 Å². The molecule has 6 atom stereocenters. The molecule has 5 heterocycles. The van der Waals surface area contributed by atoms with Crippen LogP contribution in [0, 0.1) is 18.8 Å². The van der Waals surface area contributed by atoms with Gasteiger partial charge in [0.05, 0.1) is 23.5 Å². The number of amides is 3. The number of likely N-dealkylation sites (tertiary alicyclic amines) is 1. The Hall–Kier alpha value is -2.72. The van der Waals surface area contributed by atoms with Gasteiger partial charge in [0.2, 0.25) is 17.7 Å². The van der Waals surface area contributed by atoms with Gasteiger partial charge in [0, 0.05) is 25.3 Å². The second-order valence-corrected chi connectivity index (χ2v) is 11.1. The first-order valence-corrected chi connectivity index (χ1v) is 13.2. The Balaban J connectivity index is 1.33. The first kappa shape index (κ1) is 23.7. The molecule has 194 valence electrons. The van der Waals surface area contributed by atoms with Crippen LogP contribution >= 0.6 is 0 Å². The molecule has 10 heteroatoms. The maximum absolute atomic E-state index is 14.0. The molecule has 0 radical (unpaired) electrons. The summed E-state index contributed by atoms with van der Waals surface area (Å²) in [6.07, 6.45) is 10.5. The highest BCUT2D eigenvalue weighted by Gasteiger charge is 2.76. The van der Waals surface area contributed by atoms with E-state index in [4.69, 9.17) is 14.0 Å². The maximum atomic E-state index is 14.0. The summed E-state index contributed by atoms with van der Waals surface area (Å²) in [5.41, 5.74) is -2.21. The average Bonchev–Trinajstić information content (AvgIpc) is 3.64. The summed E-state index contributed by atoms with van der Waals surface area (Å²) in [6.45, 7) is 4.51. The molecule has 2 N–H and O–H groups in total. The molecule has 1 spiro atoms. The van der Waals surface area contributed by atoms with Crippen LogP contribution in [0.2, 0.25) is 0 Å². The molecule has 4 fully saturated rings. The van der Waals surface area contributed by atoms with Crippen molar-refractivity contribution in [2.45, 2.75) is 88.2 Å². The van der Waals surface area contributed by atoms with Gasteiger partial charge >= 0.3 is 0 Å². The van der Waals surface area contributed by atoms with E-state index < -0.39 is 29.1 Å². The third kappa shape index (κ3) is 3.68. The molecule has 36 heavy (non-hydrogen) atoms. The molecule has 1 aromatic rings. The van der Waals surface area contributed by atoms with Crippen molar-refractivity contribution < 1.29 is 28.4 Å². The molecular formula is C26H34N4O6. The van der Waals surface area contributed by atoms with E-state index in [2.05, 4.69) is 15.8 Å². The topological polar surface area (TPSA) is 123 Å². The lowest BCUT2D eigenvalue weighted by molar-refractivity contribution is -0.145. The lowest BCUT2D eigenvalue weighted by Gasteiger charge is -2.35. The molecule has 1 aliphatic carbocycles. The molecule has 3 amide bonds. The number of carbonyl (C=O) groups is 3. The van der Waals surface area contributed by atoms with Gasteiger partial charge in [0.15, 0.2) is 5.82 Å². The summed E-state index contributed by atoms with van der Waals surface area (Å²) >= 11 is 0. The number of rotatable bonds is 6. The van der Waals surface area contributed by atoms with Crippen LogP contribution in [0.3, 0.4) is 0 Å². The number of carbonyl (C=O) groups excluding carboxylic acids is 3. The fourth-order valence-electron chi connectivity index (χ4n) is 6.99. The summed E-state index contributed by atoms with van der Waals surface area (Å²) in [6, 6.07) is 0.862. The predicted octanol–water partition coefficient (Wildman–Crippen LogP) is 2.09. The largest absolute Gasteiger partial charge is 0.376 e. The van der Waals surface area contributed by atoms with Crippen LogP contribution in [0.15, 0.2) is 22.7 Å². The highest BCUT2D eigenvalue weighted by Crippen LogP contribution is 2.60. The molecule has 6 rings (SSSR count). The summed E-state index contributed by atoms with van der Waals surface area (Å²) in [5, 5.41) is 9.87. The third-order valence-corrected chi connectivity index (χ3v) is 8.58. The van der Waals surface area contributed by atoms with Crippen molar-refractivity contribution in [2.75, 3.05) is 18.5 Å². The number of aromatic nitrogens is 1. The van der Waals surface area contributed by atoms with Crippen molar-refractivity contribution in [3.63, 3.8) is 0 Å². The van der Waals surface area contributed by atoms with Gasteiger partial charge in [-0.2, -0.15) is 0 Å². The molecule has 0 unspecified atom stereocenters. The van der Waals surface area contributed by atoms with E-state index >= 15 is 0 Å². The molecule has 1 saturated carbocycles. The molecule has 1 aromatic heterocycles. The van der Waals surface area contributed by atoms with E-state index in [0.717, 1.165) is 38.5 Å². The summed E-state index contributed by atoms with van der Waals surface area (Å²) in [5.74, 6) is -1.60. The van der Waals surface area contributed by atoms with Gasteiger partial charge in [-0.3, -0.25) is 14.4 Å². The summed E-state index contributed by atoms with van der Waals surface area (Å²) < 4.78 is 17.5. The second kappa shape index (κ2) is 8.69. The van der Waals surface area contributed by atoms with E-state index in [0.29, 0.717) is 18.9 Å². The quantitative estimate of drug-likeness (QED) is 0.576. The smallest absolute Gasteiger partial charge is 0.246 e. The monoisotopic (exact) mass is 498 g/mol. The maximum Gasteiger partial charge on any atom is 0.246 e. The number of fused-ring (bicyclic) bond motifs is 1. The number of ether oxygens (including phenoxy) is 2. The van der Waals surface area contributed by atoms with Gasteiger partial charge in [-0.05, 0) is 39.5 Å². The normalized spacial score (nSPS) is 37.5. The highest BCUT2D eigenvalue weighted by atomic mass is 16.5. The van der Waals surface area contributed by atoms with Crippen molar-refractivity contribution in [3.05, 3.63) is 24.0 Å². The SMILES string of the molecule is Cc1cc(NC(=O)[C@H]2[C@H]3C(=O)N(C[C@@H]4CCCO4)[C@H](C(=O)NC4CCCCC4)[C@@]34C=C[C@]2(C)O4)no1. The first-order chi connectivity index (χ1) is 17.3. The van der Waals surface area contributed by atoms with Gasteiger partial charge in [0.25, 0.3) is 0 Å². The van der Waals surface area contributed by atoms with Crippen molar-refractivity contribution >= 4 is 23.5 Å². The predicted molar refractivity (Wildman–Crippen MR) is 128 cm³/mol. The standard InChI is InChI=1S/C26H34N4O6/c1-15-13-18(29-35-15)28-22(31)19-20-24(33)30(14-17-9-6-12-34-17)21(26(20)11-10-25(19,2)36-26)23(32)27-16-7-4-3-5-8-16/h10-11,13,16-17,19-21H,3-9,12,14H2,1-2H3,(H,27,32)(H,28,29,31)/t17-,19+,20-,21+,25-,26+/m0/s1. The van der Waals surface area contributed by atoms with E-state index in [9.17, 15) is 14.4 Å². The van der Waals surface area contributed by atoms with E-state index in [-0.39, 0.29) is 35.7 Å². The molecule has 10 nitrogen and oxygen atoms in total. The fourth-order valence-corrected chi connectivity index (χ4v) is 6.99. The Labute approximate surface area is 210 Å². The van der Waals surface area contributed by atoms with Crippen LogP contribution in [0.25, 0.3) is 0 Å². The Morgan fingerprint density at radius 2 is 1.94 bits per heavy atom. The Kier molecular flexibility index (Phi) is 5.71. The van der Waals surface area contributed by atoms with Crippen molar-refractivity contribution in [1.29, 1.82) is 0 Å². The van der Waals surface area contributed by atoms with Crippen LogP contribution in [-0.4, -0.2) is 70.3 Å². The Bertz CT molecular complexity index is 1090. The Morgan fingerprint density at radius 1 is 1.14 bits per heavy atom. The first-order valence-electron chi connectivity index (χ1n) is 13.2. The van der Waals surface area contributed by atoms with E-state index in [1.165, 1.54) is 6.42 Å². The number of aryl methyl sites for hydroxylation is 1. The lowest BCUT2D eigenvalue weighted by atomic mass is 9.70. The van der Waals surface area contributed by atoms with Crippen LogP contribution in [0.4, 0.5) is 5.82 Å². The van der Waals surface area contributed by atoms with Crippen molar-refractivity contribution in [1.82, 2.24) is 15.4 Å². The zero-order valence-electron chi connectivity index (χ0n) is 20.8. The number of anilines is 1. The lowest BCUT2D eigenvalue weighted by Crippen LogP contribution is -2.57. The molecule has 0 aromatic carbocycles. The minimum absolute atomic E-state index is 0.0917. The van der Waals surface area contributed by atoms with Crippen molar-refractivity contribution in [2.24, 2.45) is 11.8 Å². The zero-order valence-corrected chi connectivity index (χ0v) is 20.8. The van der Waals surface area contributed by atoms with Crippen LogP contribution < -0.4 is 10.6 Å². The second-order valence-electron chi connectivity index (χ2n) is 11.1. The summed E-state index contributed by atoms with van der Waals surface area (Å²) in [4.78, 5) is 43.1. The number of hydrogen-bond acceptors (Lipinski definition) is 7. The third-order valence-electron chi connectivity index (χ3n) is 8.58. The number of nitrogens with one attached hydrogen (secondary N) is 2. The molecule has 5 aliphatic rings. The highest BCUT2D eigenvalue weighted by molar-refractivity contribution is 6.03. The molecule has 2 bridgehead atoms. The summed E-state index contributed by atoms with van der Waals surface area (Å²) in [7, 11) is 0. The Morgan fingerprint density at radius 3 is 2.64 bits per heavy atom. The van der Waals surface area contributed by atoms with Gasteiger partial charge in [-0.1, -0.05) is 36.6 Å². The van der Waals surface area contributed by atoms with Gasteiger partial charge in [0.1, 0.15) is 17.4 Å². The minimum Gasteiger partial charge on any atom is -0.376 e. The minimum atomic E-state index is -1.20. The number of nitrogens with zero attached hydrogens (tertiary/aromatic N) is 2. The molecular weight excluding hydrogens is 464 g/mol. The van der Waals surface area contributed by atoms with E-state index in [1.807, 2.05) is 19.1 Å². The average molecular weight is 499 g/mol. The fraction of sp³-hybridized carbons (Fsp3) is 0.692. The number of hydrogen-bond donors (Lipinski definition) is 2. The van der Waals surface area contributed by atoms with Gasteiger partial charge < -0.3 is 29.5 Å². The van der Waals surface area contributed by atoms with E-state index in [1.54, 1.807) is 17.9 Å². The van der Waals surface area contributed by atoms with Gasteiger partial charge in [-0.25, -0.2) is 0 Å². The van der Waals surface area contributed by atoms with Crippen LogP contribution in [0.1, 0.15) is 57.6 Å². The van der Waals surface area contributed by atoms with Crippen LogP contribution in [-0.2, 0) is 23.9 Å². The van der Waals surface area contributed by atoms with Crippen molar-refractivity contribution in [3.8, 4) is 0 Å².